The summed E-state index contributed by atoms with van der Waals surface area (Å²) in [6.45, 7) is 4.43. The lowest BCUT2D eigenvalue weighted by Crippen LogP contribution is -2.37. The number of hydrogen-bond acceptors (Lipinski definition) is 7. The number of phosphoric ester groups is 1. The molecule has 0 heterocycles. The molecule has 0 saturated heterocycles. The van der Waals surface area contributed by atoms with Gasteiger partial charge in [-0.1, -0.05) is 218 Å². The number of ether oxygens (including phenoxy) is 2. The molecule has 372 valence electrons. The van der Waals surface area contributed by atoms with Gasteiger partial charge in [0.05, 0.1) is 27.7 Å². The fourth-order valence-corrected chi connectivity index (χ4v) is 8.31. The minimum absolute atomic E-state index is 0.0272. The summed E-state index contributed by atoms with van der Waals surface area (Å²) < 4.78 is 34.4. The normalized spacial score (nSPS) is 13.6. The predicted octanol–water partition coefficient (Wildman–Crippen LogP) is 15.9. The van der Waals surface area contributed by atoms with Crippen LogP contribution in [0.2, 0.25) is 0 Å². The fourth-order valence-electron chi connectivity index (χ4n) is 7.57. The predicted molar refractivity (Wildman–Crippen MR) is 266 cm³/mol. The Kier molecular flexibility index (Phi) is 44.5. The van der Waals surface area contributed by atoms with Crippen molar-refractivity contribution in [2.75, 3.05) is 47.5 Å². The molecule has 0 spiro atoms. The second-order valence-electron chi connectivity index (χ2n) is 19.3. The van der Waals surface area contributed by atoms with Crippen LogP contribution < -0.4 is 0 Å². The van der Waals surface area contributed by atoms with Crippen LogP contribution in [-0.4, -0.2) is 74.9 Å². The van der Waals surface area contributed by atoms with Crippen LogP contribution in [0.15, 0.2) is 24.3 Å². The van der Waals surface area contributed by atoms with Crippen molar-refractivity contribution >= 4 is 19.8 Å². The largest absolute Gasteiger partial charge is 0.472 e. The van der Waals surface area contributed by atoms with Crippen molar-refractivity contribution in [3.63, 3.8) is 0 Å². The van der Waals surface area contributed by atoms with E-state index < -0.39 is 26.5 Å². The van der Waals surface area contributed by atoms with Gasteiger partial charge in [-0.2, -0.15) is 0 Å². The summed E-state index contributed by atoms with van der Waals surface area (Å²) in [7, 11) is 1.47. The number of nitrogens with zero attached hydrogens (tertiary/aromatic N) is 1. The van der Waals surface area contributed by atoms with Crippen LogP contribution in [0.4, 0.5) is 0 Å². The highest BCUT2D eigenvalue weighted by Crippen LogP contribution is 2.43. The van der Waals surface area contributed by atoms with Crippen molar-refractivity contribution in [3.05, 3.63) is 24.3 Å². The molecular formula is C53H103NO8P+. The summed E-state index contributed by atoms with van der Waals surface area (Å²) in [5.41, 5.74) is 0. The molecule has 0 radical (unpaired) electrons. The molecule has 1 N–H and O–H groups in total. The number of rotatable bonds is 49. The molecule has 0 aliphatic heterocycles. The Morgan fingerprint density at radius 2 is 0.841 bits per heavy atom. The quantitative estimate of drug-likeness (QED) is 0.0211. The molecule has 1 unspecified atom stereocenters. The van der Waals surface area contributed by atoms with E-state index in [0.717, 1.165) is 44.9 Å². The molecule has 0 fully saturated rings. The Labute approximate surface area is 389 Å². The number of carbonyl (C=O) groups excluding carboxylic acids is 2. The van der Waals surface area contributed by atoms with Crippen molar-refractivity contribution in [2.24, 2.45) is 0 Å². The third-order valence-corrected chi connectivity index (χ3v) is 12.7. The zero-order valence-electron chi connectivity index (χ0n) is 42.1. The van der Waals surface area contributed by atoms with Crippen LogP contribution in [0, 0.1) is 0 Å². The minimum Gasteiger partial charge on any atom is -0.462 e. The third-order valence-electron chi connectivity index (χ3n) is 11.7. The second-order valence-corrected chi connectivity index (χ2v) is 20.7. The topological polar surface area (TPSA) is 108 Å². The molecule has 63 heavy (non-hydrogen) atoms. The number of likely N-dealkylation sites (N-methyl/N-ethyl adjacent to an activating group) is 1. The summed E-state index contributed by atoms with van der Waals surface area (Å²) >= 11 is 0. The maximum atomic E-state index is 12.7. The molecule has 0 aliphatic carbocycles. The van der Waals surface area contributed by atoms with Gasteiger partial charge in [0.2, 0.25) is 0 Å². The maximum Gasteiger partial charge on any atom is 0.472 e. The number of esters is 2. The summed E-state index contributed by atoms with van der Waals surface area (Å²) in [6.07, 6.45) is 52.5. The molecule has 0 bridgehead atoms. The molecular weight excluding hydrogens is 810 g/mol. The molecule has 0 aliphatic rings. The van der Waals surface area contributed by atoms with Crippen LogP contribution in [0.3, 0.4) is 0 Å². The zero-order valence-corrected chi connectivity index (χ0v) is 43.0. The first-order valence-electron chi connectivity index (χ1n) is 26.6. The monoisotopic (exact) mass is 913 g/mol. The van der Waals surface area contributed by atoms with Crippen molar-refractivity contribution in [2.45, 2.75) is 258 Å². The molecule has 10 heteroatoms. The van der Waals surface area contributed by atoms with Crippen molar-refractivity contribution < 1.29 is 42.1 Å². The van der Waals surface area contributed by atoms with Crippen molar-refractivity contribution in [3.8, 4) is 0 Å². The molecule has 9 nitrogen and oxygen atoms in total. The summed E-state index contributed by atoms with van der Waals surface area (Å²) in [5, 5.41) is 0. The summed E-state index contributed by atoms with van der Waals surface area (Å²) in [5.74, 6) is -0.835. The lowest BCUT2D eigenvalue weighted by molar-refractivity contribution is -0.870. The van der Waals surface area contributed by atoms with E-state index in [9.17, 15) is 19.0 Å². The van der Waals surface area contributed by atoms with Gasteiger partial charge in [0.1, 0.15) is 19.8 Å². The van der Waals surface area contributed by atoms with E-state index in [1.807, 2.05) is 21.1 Å². The van der Waals surface area contributed by atoms with Gasteiger partial charge >= 0.3 is 19.8 Å². The Hall–Kier alpha value is -1.51. The van der Waals surface area contributed by atoms with Gasteiger partial charge in [0, 0.05) is 12.8 Å². The van der Waals surface area contributed by atoms with E-state index in [0.29, 0.717) is 17.4 Å². The van der Waals surface area contributed by atoms with Gasteiger partial charge in [-0.25, -0.2) is 4.57 Å². The molecule has 0 aromatic rings. The first kappa shape index (κ1) is 61.5. The highest BCUT2D eigenvalue weighted by molar-refractivity contribution is 7.47. The van der Waals surface area contributed by atoms with Crippen molar-refractivity contribution in [1.82, 2.24) is 0 Å². The van der Waals surface area contributed by atoms with Crippen LogP contribution in [-0.2, 0) is 32.7 Å². The highest BCUT2D eigenvalue weighted by Gasteiger charge is 2.27. The standard InChI is InChI=1S/C53H102NO8P/c1-6-8-10-12-14-16-18-20-22-24-25-26-27-28-29-30-32-34-36-38-40-42-44-46-53(56)62-51(50-61-63(57,58)60-48-47-54(3,4)5)49-59-52(55)45-43-41-39-37-35-33-31-23-21-19-17-15-13-11-9-7-2/h30,32,38,40,51H,6-29,31,33-37,39,41-50H2,1-5H3/p+1/b32-30+,40-38+/t51-/m1/s1. The third kappa shape index (κ3) is 49.8. The Bertz CT molecular complexity index is 1120. The summed E-state index contributed by atoms with van der Waals surface area (Å²) in [6, 6.07) is 0. The van der Waals surface area contributed by atoms with E-state index in [1.54, 1.807) is 0 Å². The van der Waals surface area contributed by atoms with Crippen LogP contribution in [0.25, 0.3) is 0 Å². The van der Waals surface area contributed by atoms with E-state index in [1.165, 1.54) is 173 Å². The van der Waals surface area contributed by atoms with Gasteiger partial charge in [0.25, 0.3) is 0 Å². The maximum absolute atomic E-state index is 12.7. The number of unbranched alkanes of at least 4 members (excludes halogenated alkanes) is 31. The molecule has 2 atom stereocenters. The van der Waals surface area contributed by atoms with E-state index in [2.05, 4.69) is 38.2 Å². The van der Waals surface area contributed by atoms with Crippen molar-refractivity contribution in [1.29, 1.82) is 0 Å². The minimum atomic E-state index is -4.39. The SMILES string of the molecule is CCCCCCCCCCCCCCCC/C=C/CC/C=C/CCCC(=O)O[C@H](COC(=O)CCCCCCCCCCCCCCCCCC)COP(=O)(O)OCC[N+](C)(C)C. The Balaban J connectivity index is 4.25. The average Bonchev–Trinajstić information content (AvgIpc) is 3.24. The van der Waals surface area contributed by atoms with Crippen LogP contribution >= 0.6 is 7.82 Å². The van der Waals surface area contributed by atoms with Gasteiger partial charge in [-0.15, -0.1) is 0 Å². The fraction of sp³-hybridized carbons (Fsp3) is 0.887. The Morgan fingerprint density at radius 3 is 1.27 bits per heavy atom. The van der Waals surface area contributed by atoms with Gasteiger partial charge in [-0.05, 0) is 44.9 Å². The number of carbonyl (C=O) groups is 2. The van der Waals surface area contributed by atoms with E-state index in [4.69, 9.17) is 18.5 Å². The first-order chi connectivity index (χ1) is 30.5. The second kappa shape index (κ2) is 45.6. The molecule has 0 rings (SSSR count). The number of hydrogen-bond donors (Lipinski definition) is 1. The highest BCUT2D eigenvalue weighted by atomic mass is 31.2. The van der Waals surface area contributed by atoms with Crippen LogP contribution in [0.1, 0.15) is 251 Å². The van der Waals surface area contributed by atoms with Crippen LogP contribution in [0.5, 0.6) is 0 Å². The number of quaternary nitrogens is 1. The molecule has 0 aromatic heterocycles. The average molecular weight is 913 g/mol. The number of allylic oxidation sites excluding steroid dienone is 4. The number of phosphoric acid groups is 1. The molecule has 0 saturated carbocycles. The lowest BCUT2D eigenvalue weighted by atomic mass is 10.0. The zero-order chi connectivity index (χ0) is 46.4. The van der Waals surface area contributed by atoms with E-state index in [-0.39, 0.29) is 32.0 Å². The van der Waals surface area contributed by atoms with Gasteiger partial charge in [0.15, 0.2) is 6.10 Å². The summed E-state index contributed by atoms with van der Waals surface area (Å²) in [4.78, 5) is 35.5. The van der Waals surface area contributed by atoms with Gasteiger partial charge < -0.3 is 18.9 Å². The first-order valence-corrected chi connectivity index (χ1v) is 28.1. The molecule has 0 aromatic carbocycles. The smallest absolute Gasteiger partial charge is 0.462 e. The molecule has 0 amide bonds. The lowest BCUT2D eigenvalue weighted by Gasteiger charge is -2.24. The van der Waals surface area contributed by atoms with Gasteiger partial charge in [-0.3, -0.25) is 18.6 Å². The Morgan fingerprint density at radius 1 is 0.476 bits per heavy atom. The van der Waals surface area contributed by atoms with E-state index >= 15 is 0 Å².